The second kappa shape index (κ2) is 13.5. The minimum atomic E-state index is -0.277. The standard InChI is InChI=1S/C53H36N4O2/c1-3-16-34(17-4-1)51-54-52(36-30-29-33-15-7-8-18-35(33)31-36)56-53(55-51)42-25-14-28-46-49(42)48-40-23-10-9-21-38(40)44(32-47(48)58-46)57(37-19-5-2-6-20-37)43-26-13-24-41-39-22-11-12-27-45(39)59-50(41)43/h1-32,51-52,54H,(H,55,56). The average Bonchev–Trinajstić information content (AvgIpc) is 3.89. The van der Waals surface area contributed by atoms with Crippen molar-refractivity contribution in [2.45, 2.75) is 12.3 Å². The van der Waals surface area contributed by atoms with Gasteiger partial charge in [0.25, 0.3) is 0 Å². The molecule has 0 saturated carbocycles. The summed E-state index contributed by atoms with van der Waals surface area (Å²) >= 11 is 0. The zero-order valence-corrected chi connectivity index (χ0v) is 31.8. The molecule has 9 aromatic carbocycles. The molecule has 1 aliphatic heterocycles. The van der Waals surface area contributed by atoms with Gasteiger partial charge in [0.1, 0.15) is 34.9 Å². The van der Waals surface area contributed by atoms with E-state index in [9.17, 15) is 0 Å². The molecule has 2 atom stereocenters. The number of furan rings is 2. The van der Waals surface area contributed by atoms with E-state index in [-0.39, 0.29) is 12.3 Å². The van der Waals surface area contributed by atoms with Gasteiger partial charge in [-0.2, -0.15) is 0 Å². The molecule has 0 spiro atoms. The number of amidine groups is 1. The molecule has 2 N–H and O–H groups in total. The van der Waals surface area contributed by atoms with Gasteiger partial charge in [0.15, 0.2) is 5.58 Å². The Morgan fingerprint density at radius 2 is 1.15 bits per heavy atom. The minimum Gasteiger partial charge on any atom is -0.456 e. The first-order valence-corrected chi connectivity index (χ1v) is 20.0. The van der Waals surface area contributed by atoms with Crippen LogP contribution in [-0.2, 0) is 0 Å². The highest BCUT2D eigenvalue weighted by molar-refractivity contribution is 6.27. The van der Waals surface area contributed by atoms with Crippen molar-refractivity contribution in [3.05, 3.63) is 211 Å². The maximum Gasteiger partial charge on any atom is 0.159 e. The zero-order chi connectivity index (χ0) is 38.9. The molecule has 11 aromatic rings. The molecule has 2 unspecified atom stereocenters. The van der Waals surface area contributed by atoms with Gasteiger partial charge in [0.2, 0.25) is 0 Å². The zero-order valence-electron chi connectivity index (χ0n) is 31.8. The van der Waals surface area contributed by atoms with E-state index >= 15 is 0 Å². The van der Waals surface area contributed by atoms with Gasteiger partial charge in [0, 0.05) is 44.2 Å². The summed E-state index contributed by atoms with van der Waals surface area (Å²) in [6.45, 7) is 0. The Balaban J connectivity index is 1.07. The van der Waals surface area contributed by atoms with E-state index in [1.807, 2.05) is 18.2 Å². The number of para-hydroxylation sites is 3. The van der Waals surface area contributed by atoms with Gasteiger partial charge >= 0.3 is 0 Å². The number of hydrogen-bond donors (Lipinski definition) is 2. The molecule has 6 nitrogen and oxygen atoms in total. The van der Waals surface area contributed by atoms with Gasteiger partial charge in [-0.3, -0.25) is 5.32 Å². The van der Waals surface area contributed by atoms with Crippen LogP contribution in [0.2, 0.25) is 0 Å². The van der Waals surface area contributed by atoms with Crippen LogP contribution in [0.4, 0.5) is 17.1 Å². The lowest BCUT2D eigenvalue weighted by molar-refractivity contribution is 0.409. The van der Waals surface area contributed by atoms with Gasteiger partial charge in [-0.25, -0.2) is 4.99 Å². The fourth-order valence-electron chi connectivity index (χ4n) is 9.00. The van der Waals surface area contributed by atoms with Crippen LogP contribution < -0.4 is 15.5 Å². The first-order chi connectivity index (χ1) is 29.2. The molecule has 0 amide bonds. The predicted molar refractivity (Wildman–Crippen MR) is 242 cm³/mol. The van der Waals surface area contributed by atoms with Crippen LogP contribution in [0.5, 0.6) is 0 Å². The molecule has 0 fully saturated rings. The monoisotopic (exact) mass is 760 g/mol. The highest BCUT2D eigenvalue weighted by Crippen LogP contribution is 2.48. The minimum absolute atomic E-state index is 0.200. The number of nitrogens with zero attached hydrogens (tertiary/aromatic N) is 2. The molecular weight excluding hydrogens is 725 g/mol. The number of rotatable bonds is 6. The predicted octanol–water partition coefficient (Wildman–Crippen LogP) is 13.6. The number of fused-ring (bicyclic) bond motifs is 9. The van der Waals surface area contributed by atoms with Crippen molar-refractivity contribution in [2.75, 3.05) is 4.90 Å². The van der Waals surface area contributed by atoms with Crippen LogP contribution in [-0.4, -0.2) is 5.84 Å². The highest BCUT2D eigenvalue weighted by atomic mass is 16.3. The van der Waals surface area contributed by atoms with E-state index in [1.165, 1.54) is 10.8 Å². The fraction of sp³-hybridized carbons (Fsp3) is 0.0377. The van der Waals surface area contributed by atoms with Gasteiger partial charge in [-0.15, -0.1) is 0 Å². The smallest absolute Gasteiger partial charge is 0.159 e. The average molecular weight is 761 g/mol. The van der Waals surface area contributed by atoms with Crippen LogP contribution in [0.15, 0.2) is 208 Å². The van der Waals surface area contributed by atoms with E-state index < -0.39 is 0 Å². The Morgan fingerprint density at radius 1 is 0.458 bits per heavy atom. The second-order valence-corrected chi connectivity index (χ2v) is 15.2. The summed E-state index contributed by atoms with van der Waals surface area (Å²) in [5, 5.41) is 16.4. The largest absolute Gasteiger partial charge is 0.456 e. The van der Waals surface area contributed by atoms with Crippen LogP contribution in [0.25, 0.3) is 65.4 Å². The summed E-state index contributed by atoms with van der Waals surface area (Å²) in [7, 11) is 0. The van der Waals surface area contributed by atoms with Crippen LogP contribution in [0.1, 0.15) is 29.0 Å². The Kier molecular flexibility index (Phi) is 7.64. The lowest BCUT2D eigenvalue weighted by atomic mass is 9.97. The summed E-state index contributed by atoms with van der Waals surface area (Å²) < 4.78 is 13.6. The van der Waals surface area contributed by atoms with Gasteiger partial charge in [-0.05, 0) is 63.7 Å². The second-order valence-electron chi connectivity index (χ2n) is 15.2. The highest BCUT2D eigenvalue weighted by Gasteiger charge is 2.29. The first-order valence-electron chi connectivity index (χ1n) is 20.0. The molecule has 0 aliphatic carbocycles. The van der Waals surface area contributed by atoms with E-state index in [0.717, 1.165) is 94.2 Å². The van der Waals surface area contributed by atoms with Crippen molar-refractivity contribution in [2.24, 2.45) is 4.99 Å². The van der Waals surface area contributed by atoms with E-state index in [4.69, 9.17) is 13.8 Å². The van der Waals surface area contributed by atoms with Crippen molar-refractivity contribution in [3.8, 4) is 0 Å². The molecule has 0 saturated heterocycles. The molecule has 2 aromatic heterocycles. The molecule has 12 rings (SSSR count). The number of hydrogen-bond acceptors (Lipinski definition) is 6. The Hall–Kier alpha value is -7.67. The lowest BCUT2D eigenvalue weighted by Gasteiger charge is -2.32. The quantitative estimate of drug-likeness (QED) is 0.177. The van der Waals surface area contributed by atoms with Crippen LogP contribution in [0, 0.1) is 0 Å². The van der Waals surface area contributed by atoms with E-state index in [0.29, 0.717) is 0 Å². The van der Waals surface area contributed by atoms with Crippen molar-refractivity contribution in [3.63, 3.8) is 0 Å². The van der Waals surface area contributed by atoms with Crippen LogP contribution in [0.3, 0.4) is 0 Å². The number of aliphatic imine (C=N–C) groups is 1. The third-order valence-electron chi connectivity index (χ3n) is 11.7. The maximum absolute atomic E-state index is 6.91. The van der Waals surface area contributed by atoms with E-state index in [1.54, 1.807) is 0 Å². The van der Waals surface area contributed by atoms with Crippen LogP contribution >= 0.6 is 0 Å². The molecule has 0 radical (unpaired) electrons. The number of nitrogens with one attached hydrogen (secondary N) is 2. The summed E-state index contributed by atoms with van der Waals surface area (Å²) in [6, 6.07) is 67.9. The Bertz CT molecular complexity index is 3420. The summed E-state index contributed by atoms with van der Waals surface area (Å²) in [5.74, 6) is 0.805. The molecule has 6 heteroatoms. The molecule has 280 valence electrons. The van der Waals surface area contributed by atoms with Gasteiger partial charge in [-0.1, -0.05) is 152 Å². The van der Waals surface area contributed by atoms with Gasteiger partial charge < -0.3 is 19.1 Å². The summed E-state index contributed by atoms with van der Waals surface area (Å²) in [6.07, 6.45) is -0.476. The fourth-order valence-corrected chi connectivity index (χ4v) is 9.00. The summed E-state index contributed by atoms with van der Waals surface area (Å²) in [5.41, 5.74) is 9.45. The van der Waals surface area contributed by atoms with Crippen molar-refractivity contribution in [1.82, 2.24) is 10.6 Å². The SMILES string of the molecule is c1ccc(C2N=C(c3cccc4oc5cc(N(c6ccccc6)c6cccc7c6oc6ccccc67)c6ccccc6c5c34)NC(c3ccc4ccccc4c3)N2)cc1. The molecule has 1 aliphatic rings. The van der Waals surface area contributed by atoms with Crippen molar-refractivity contribution >= 4 is 88.3 Å². The van der Waals surface area contributed by atoms with Gasteiger partial charge in [0.05, 0.1) is 11.4 Å². The molecule has 0 bridgehead atoms. The van der Waals surface area contributed by atoms with E-state index in [2.05, 4.69) is 191 Å². The molecule has 3 heterocycles. The first kappa shape index (κ1) is 33.5. The topological polar surface area (TPSA) is 65.9 Å². The number of benzene rings is 9. The third kappa shape index (κ3) is 5.49. The van der Waals surface area contributed by atoms with Crippen molar-refractivity contribution in [1.29, 1.82) is 0 Å². The maximum atomic E-state index is 6.91. The lowest BCUT2D eigenvalue weighted by Crippen LogP contribution is -2.45. The third-order valence-corrected chi connectivity index (χ3v) is 11.7. The summed E-state index contributed by atoms with van der Waals surface area (Å²) in [4.78, 5) is 7.69. The Morgan fingerprint density at radius 3 is 2.02 bits per heavy atom. The molecule has 59 heavy (non-hydrogen) atoms. The Labute approximate surface area is 339 Å². The normalized spacial score (nSPS) is 15.6. The number of anilines is 3. The van der Waals surface area contributed by atoms with Crippen molar-refractivity contribution < 1.29 is 8.83 Å². The molecular formula is C53H36N4O2.